The SMILES string of the molecule is O=C(NS(=O)(=O)c1ccc(OC2CCCCC2)c(C(F)(F)F)c1)c1ccc(-c2ccc(F)cc2)cc1. The molecule has 0 heterocycles. The Morgan fingerprint density at radius 3 is 2.03 bits per heavy atom. The summed E-state index contributed by atoms with van der Waals surface area (Å²) in [4.78, 5) is 11.8. The van der Waals surface area contributed by atoms with Crippen molar-refractivity contribution in [1.29, 1.82) is 0 Å². The van der Waals surface area contributed by atoms with Gasteiger partial charge < -0.3 is 4.74 Å². The second-order valence-corrected chi connectivity index (χ2v) is 10.2. The van der Waals surface area contributed by atoms with Gasteiger partial charge in [0, 0.05) is 5.56 Å². The van der Waals surface area contributed by atoms with Crippen molar-refractivity contribution in [3.63, 3.8) is 0 Å². The van der Waals surface area contributed by atoms with E-state index in [9.17, 15) is 30.8 Å². The molecule has 1 aliphatic carbocycles. The van der Waals surface area contributed by atoms with Gasteiger partial charge in [-0.1, -0.05) is 30.7 Å². The average Bonchev–Trinajstić information content (AvgIpc) is 2.84. The van der Waals surface area contributed by atoms with E-state index in [-0.39, 0.29) is 11.7 Å². The summed E-state index contributed by atoms with van der Waals surface area (Å²) in [5.74, 6) is -1.84. The summed E-state index contributed by atoms with van der Waals surface area (Å²) in [5, 5.41) is 0. The number of carbonyl (C=O) groups is 1. The molecule has 0 radical (unpaired) electrons. The van der Waals surface area contributed by atoms with Crippen LogP contribution in [0.3, 0.4) is 0 Å². The largest absolute Gasteiger partial charge is 0.490 e. The van der Waals surface area contributed by atoms with Crippen LogP contribution in [0.4, 0.5) is 17.6 Å². The number of halogens is 4. The summed E-state index contributed by atoms with van der Waals surface area (Å²) in [7, 11) is -4.60. The molecule has 3 aromatic rings. The van der Waals surface area contributed by atoms with Crippen LogP contribution in [-0.4, -0.2) is 20.4 Å². The summed E-state index contributed by atoms with van der Waals surface area (Å²) in [6, 6.07) is 13.9. The van der Waals surface area contributed by atoms with E-state index in [1.54, 1.807) is 24.3 Å². The van der Waals surface area contributed by atoms with Crippen molar-refractivity contribution in [2.24, 2.45) is 0 Å². The molecule has 0 unspecified atom stereocenters. The van der Waals surface area contributed by atoms with E-state index in [0.717, 1.165) is 31.4 Å². The van der Waals surface area contributed by atoms with E-state index in [1.807, 2.05) is 4.72 Å². The van der Waals surface area contributed by atoms with Crippen molar-refractivity contribution in [2.45, 2.75) is 49.3 Å². The van der Waals surface area contributed by atoms with E-state index >= 15 is 0 Å². The van der Waals surface area contributed by atoms with Crippen LogP contribution in [0.2, 0.25) is 0 Å². The lowest BCUT2D eigenvalue weighted by Gasteiger charge is -2.25. The Kier molecular flexibility index (Phi) is 7.35. The van der Waals surface area contributed by atoms with Gasteiger partial charge in [0.2, 0.25) is 0 Å². The van der Waals surface area contributed by atoms with Gasteiger partial charge >= 0.3 is 6.18 Å². The summed E-state index contributed by atoms with van der Waals surface area (Å²) in [6.45, 7) is 0. The first-order valence-electron chi connectivity index (χ1n) is 11.3. The molecule has 1 amide bonds. The minimum absolute atomic E-state index is 0.0160. The Morgan fingerprint density at radius 2 is 1.44 bits per heavy atom. The van der Waals surface area contributed by atoms with Gasteiger partial charge in [0.05, 0.1) is 16.6 Å². The van der Waals surface area contributed by atoms with Crippen molar-refractivity contribution in [2.75, 3.05) is 0 Å². The highest BCUT2D eigenvalue weighted by Crippen LogP contribution is 2.39. The molecule has 36 heavy (non-hydrogen) atoms. The molecule has 10 heteroatoms. The van der Waals surface area contributed by atoms with Crippen molar-refractivity contribution < 1.29 is 35.5 Å². The number of rotatable bonds is 6. The quantitative estimate of drug-likeness (QED) is 0.384. The van der Waals surface area contributed by atoms with E-state index in [4.69, 9.17) is 4.74 Å². The van der Waals surface area contributed by atoms with Gasteiger partial charge in [0.25, 0.3) is 15.9 Å². The zero-order chi connectivity index (χ0) is 25.9. The van der Waals surface area contributed by atoms with Crippen LogP contribution >= 0.6 is 0 Å². The number of ether oxygens (including phenoxy) is 1. The Hall–Kier alpha value is -3.40. The molecule has 1 fully saturated rings. The summed E-state index contributed by atoms with van der Waals surface area (Å²) in [6.07, 6.45) is -1.24. The highest BCUT2D eigenvalue weighted by molar-refractivity contribution is 7.90. The van der Waals surface area contributed by atoms with Gasteiger partial charge in [-0.15, -0.1) is 0 Å². The molecule has 1 saturated carbocycles. The molecule has 0 atom stereocenters. The molecule has 0 aromatic heterocycles. The fourth-order valence-corrected chi connectivity index (χ4v) is 5.06. The first-order chi connectivity index (χ1) is 17.0. The molecule has 5 nitrogen and oxygen atoms in total. The zero-order valence-electron chi connectivity index (χ0n) is 19.0. The molecule has 190 valence electrons. The van der Waals surface area contributed by atoms with Crippen LogP contribution in [-0.2, 0) is 16.2 Å². The number of benzene rings is 3. The minimum atomic E-state index is -4.85. The Balaban J connectivity index is 1.53. The third kappa shape index (κ3) is 6.04. The van der Waals surface area contributed by atoms with Gasteiger partial charge in [-0.05, 0) is 79.3 Å². The highest BCUT2D eigenvalue weighted by Gasteiger charge is 2.37. The van der Waals surface area contributed by atoms with Crippen LogP contribution in [0, 0.1) is 5.82 Å². The van der Waals surface area contributed by atoms with E-state index in [2.05, 4.69) is 0 Å². The van der Waals surface area contributed by atoms with Crippen LogP contribution < -0.4 is 9.46 Å². The number of hydrogen-bond acceptors (Lipinski definition) is 4. The lowest BCUT2D eigenvalue weighted by molar-refractivity contribution is -0.139. The van der Waals surface area contributed by atoms with Crippen molar-refractivity contribution >= 4 is 15.9 Å². The van der Waals surface area contributed by atoms with Crippen molar-refractivity contribution in [3.8, 4) is 16.9 Å². The van der Waals surface area contributed by atoms with Crippen LogP contribution in [0.5, 0.6) is 5.75 Å². The first kappa shape index (κ1) is 25.7. The monoisotopic (exact) mass is 521 g/mol. The highest BCUT2D eigenvalue weighted by atomic mass is 32.2. The summed E-state index contributed by atoms with van der Waals surface area (Å²) >= 11 is 0. The van der Waals surface area contributed by atoms with Gasteiger partial charge in [0.1, 0.15) is 11.6 Å². The standard InChI is InChI=1S/C26H23F4NO4S/c27-20-12-10-18(11-13-20)17-6-8-19(9-7-17)25(32)31-36(33,34)22-14-15-24(23(16-22)26(28,29)30)35-21-4-2-1-3-5-21/h6-16,21H,1-5H2,(H,31,32). The first-order valence-corrected chi connectivity index (χ1v) is 12.8. The fraction of sp³-hybridized carbons (Fsp3) is 0.269. The molecule has 0 spiro atoms. The molecule has 0 bridgehead atoms. The third-order valence-corrected chi connectivity index (χ3v) is 7.29. The van der Waals surface area contributed by atoms with Crippen molar-refractivity contribution in [1.82, 2.24) is 4.72 Å². The third-order valence-electron chi connectivity index (χ3n) is 5.96. The number of amides is 1. The number of sulfonamides is 1. The van der Waals surface area contributed by atoms with E-state index < -0.39 is 44.1 Å². The van der Waals surface area contributed by atoms with Gasteiger partial charge in [0.15, 0.2) is 0 Å². The van der Waals surface area contributed by atoms with Crippen LogP contribution in [0.25, 0.3) is 11.1 Å². The van der Waals surface area contributed by atoms with Crippen molar-refractivity contribution in [3.05, 3.63) is 83.7 Å². The lowest BCUT2D eigenvalue weighted by Crippen LogP contribution is -2.31. The summed E-state index contributed by atoms with van der Waals surface area (Å²) in [5.41, 5.74) is 0.119. The maximum absolute atomic E-state index is 13.7. The Bertz CT molecular complexity index is 1330. The van der Waals surface area contributed by atoms with Gasteiger partial charge in [-0.25, -0.2) is 17.5 Å². The molecule has 1 aliphatic rings. The molecule has 4 rings (SSSR count). The number of nitrogens with one attached hydrogen (secondary N) is 1. The number of carbonyl (C=O) groups excluding carboxylic acids is 1. The molecule has 0 aliphatic heterocycles. The Morgan fingerprint density at radius 1 is 0.861 bits per heavy atom. The van der Waals surface area contributed by atoms with Crippen LogP contribution in [0.15, 0.2) is 71.6 Å². The topological polar surface area (TPSA) is 72.5 Å². The maximum Gasteiger partial charge on any atom is 0.420 e. The summed E-state index contributed by atoms with van der Waals surface area (Å²) < 4.78 is 87.1. The van der Waals surface area contributed by atoms with Crippen LogP contribution in [0.1, 0.15) is 48.0 Å². The number of alkyl halides is 3. The fourth-order valence-electron chi connectivity index (χ4n) is 4.06. The minimum Gasteiger partial charge on any atom is -0.490 e. The zero-order valence-corrected chi connectivity index (χ0v) is 19.8. The second kappa shape index (κ2) is 10.3. The predicted molar refractivity (Wildman–Crippen MR) is 125 cm³/mol. The lowest BCUT2D eigenvalue weighted by atomic mass is 9.97. The second-order valence-electron chi connectivity index (χ2n) is 8.55. The van der Waals surface area contributed by atoms with Gasteiger partial charge in [-0.3, -0.25) is 4.79 Å². The molecular formula is C26H23F4NO4S. The predicted octanol–water partition coefficient (Wildman–Crippen LogP) is 6.34. The van der Waals surface area contributed by atoms with E-state index in [1.165, 1.54) is 24.3 Å². The normalized spacial score (nSPS) is 14.9. The Labute approximate surface area is 206 Å². The molecule has 0 saturated heterocycles. The van der Waals surface area contributed by atoms with Gasteiger partial charge in [-0.2, -0.15) is 13.2 Å². The smallest absolute Gasteiger partial charge is 0.420 e. The molecule has 1 N–H and O–H groups in total. The maximum atomic E-state index is 13.7. The average molecular weight is 522 g/mol. The van der Waals surface area contributed by atoms with E-state index in [0.29, 0.717) is 30.0 Å². The molecule has 3 aromatic carbocycles. The number of hydrogen-bond donors (Lipinski definition) is 1. The molecular weight excluding hydrogens is 498 g/mol.